The van der Waals surface area contributed by atoms with Crippen LogP contribution in [0.2, 0.25) is 0 Å². The highest BCUT2D eigenvalue weighted by Crippen LogP contribution is 2.30. The first-order valence-electron chi connectivity index (χ1n) is 8.24. The standard InChI is InChI=1S/C18H24N2O2/c1-13(2)16-18(22)19-11-7-6-10-15(19)17(21)20(16)12-14-8-4-3-5-9-14/h3-5,8-9,13,15-16H,6-7,10-12H2,1-2H3/t15-,16+/m1/s1. The van der Waals surface area contributed by atoms with Crippen molar-refractivity contribution in [1.29, 1.82) is 0 Å². The van der Waals surface area contributed by atoms with Crippen LogP contribution in [0, 0.1) is 5.92 Å². The van der Waals surface area contributed by atoms with Crippen LogP contribution < -0.4 is 0 Å². The number of rotatable bonds is 3. The van der Waals surface area contributed by atoms with Crippen molar-refractivity contribution in [2.45, 2.75) is 51.7 Å². The molecule has 0 unspecified atom stereocenters. The zero-order valence-corrected chi connectivity index (χ0v) is 13.4. The molecule has 2 fully saturated rings. The Morgan fingerprint density at radius 2 is 1.82 bits per heavy atom. The summed E-state index contributed by atoms with van der Waals surface area (Å²) in [4.78, 5) is 29.5. The highest BCUT2D eigenvalue weighted by molar-refractivity contribution is 5.97. The minimum absolute atomic E-state index is 0.127. The third-order valence-electron chi connectivity index (χ3n) is 4.77. The summed E-state index contributed by atoms with van der Waals surface area (Å²) in [5, 5.41) is 0. The van der Waals surface area contributed by atoms with Gasteiger partial charge in [-0.1, -0.05) is 44.2 Å². The van der Waals surface area contributed by atoms with E-state index in [1.54, 1.807) is 0 Å². The van der Waals surface area contributed by atoms with Crippen LogP contribution in [-0.2, 0) is 16.1 Å². The van der Waals surface area contributed by atoms with Crippen LogP contribution in [0.15, 0.2) is 30.3 Å². The Balaban J connectivity index is 1.90. The SMILES string of the molecule is CC(C)[C@H]1C(=O)N2CCCC[C@@H]2C(=O)N1Cc1ccccc1. The Bertz CT molecular complexity index is 555. The second kappa shape index (κ2) is 6.11. The molecule has 2 saturated heterocycles. The molecule has 4 heteroatoms. The molecule has 4 nitrogen and oxygen atoms in total. The third kappa shape index (κ3) is 2.62. The average molecular weight is 300 g/mol. The van der Waals surface area contributed by atoms with E-state index in [0.717, 1.165) is 31.4 Å². The van der Waals surface area contributed by atoms with Crippen LogP contribution in [-0.4, -0.2) is 40.2 Å². The third-order valence-corrected chi connectivity index (χ3v) is 4.77. The van der Waals surface area contributed by atoms with Gasteiger partial charge in [0.15, 0.2) is 0 Å². The average Bonchev–Trinajstić information content (AvgIpc) is 2.53. The van der Waals surface area contributed by atoms with Crippen molar-refractivity contribution >= 4 is 11.8 Å². The van der Waals surface area contributed by atoms with Gasteiger partial charge in [-0.05, 0) is 30.7 Å². The van der Waals surface area contributed by atoms with E-state index < -0.39 is 0 Å². The van der Waals surface area contributed by atoms with Gasteiger partial charge < -0.3 is 9.80 Å². The fraction of sp³-hybridized carbons (Fsp3) is 0.556. The zero-order valence-electron chi connectivity index (χ0n) is 13.4. The Morgan fingerprint density at radius 3 is 2.50 bits per heavy atom. The molecule has 0 N–H and O–H groups in total. The molecular formula is C18H24N2O2. The van der Waals surface area contributed by atoms with Crippen LogP contribution in [0.1, 0.15) is 38.7 Å². The number of benzene rings is 1. The number of piperazine rings is 1. The van der Waals surface area contributed by atoms with Gasteiger partial charge in [0.2, 0.25) is 11.8 Å². The first-order chi connectivity index (χ1) is 10.6. The molecule has 0 bridgehead atoms. The molecule has 1 aromatic carbocycles. The number of hydrogen-bond acceptors (Lipinski definition) is 2. The number of nitrogens with zero attached hydrogens (tertiary/aromatic N) is 2. The van der Waals surface area contributed by atoms with E-state index in [9.17, 15) is 9.59 Å². The van der Waals surface area contributed by atoms with Crippen molar-refractivity contribution in [3.63, 3.8) is 0 Å². The molecule has 0 aliphatic carbocycles. The number of piperidine rings is 1. The van der Waals surface area contributed by atoms with Gasteiger partial charge in [0.05, 0.1) is 0 Å². The highest BCUT2D eigenvalue weighted by Gasteiger charge is 2.47. The fourth-order valence-electron chi connectivity index (χ4n) is 3.69. The lowest BCUT2D eigenvalue weighted by atomic mass is 9.90. The maximum Gasteiger partial charge on any atom is 0.246 e. The quantitative estimate of drug-likeness (QED) is 0.860. The molecule has 2 heterocycles. The number of hydrogen-bond donors (Lipinski definition) is 0. The minimum Gasteiger partial charge on any atom is -0.329 e. The normalized spacial score (nSPS) is 25.6. The molecule has 3 rings (SSSR count). The minimum atomic E-state index is -0.331. The van der Waals surface area contributed by atoms with E-state index in [1.807, 2.05) is 54.0 Å². The molecule has 1 aromatic rings. The number of amides is 2. The maximum absolute atomic E-state index is 13.0. The molecule has 0 radical (unpaired) electrons. The second-order valence-corrected chi connectivity index (χ2v) is 6.68. The molecule has 2 amide bonds. The lowest BCUT2D eigenvalue weighted by Crippen LogP contribution is -2.66. The molecular weight excluding hydrogens is 276 g/mol. The van der Waals surface area contributed by atoms with E-state index in [2.05, 4.69) is 0 Å². The van der Waals surface area contributed by atoms with Gasteiger partial charge in [-0.3, -0.25) is 9.59 Å². The van der Waals surface area contributed by atoms with Gasteiger partial charge in [0.25, 0.3) is 0 Å². The predicted octanol–water partition coefficient (Wildman–Crippen LogP) is 2.43. The van der Waals surface area contributed by atoms with E-state index >= 15 is 0 Å². The van der Waals surface area contributed by atoms with Gasteiger partial charge in [-0.15, -0.1) is 0 Å². The highest BCUT2D eigenvalue weighted by atomic mass is 16.2. The van der Waals surface area contributed by atoms with Crippen LogP contribution in [0.25, 0.3) is 0 Å². The number of carbonyl (C=O) groups is 2. The van der Waals surface area contributed by atoms with E-state index in [-0.39, 0.29) is 29.8 Å². The van der Waals surface area contributed by atoms with Gasteiger partial charge in [-0.25, -0.2) is 0 Å². The van der Waals surface area contributed by atoms with Crippen LogP contribution in [0.4, 0.5) is 0 Å². The molecule has 0 saturated carbocycles. The Hall–Kier alpha value is -1.84. The van der Waals surface area contributed by atoms with Crippen LogP contribution in [0.3, 0.4) is 0 Å². The summed E-state index contributed by atoms with van der Waals surface area (Å²) in [6.45, 7) is 5.31. The monoisotopic (exact) mass is 300 g/mol. The smallest absolute Gasteiger partial charge is 0.246 e. The van der Waals surface area contributed by atoms with Gasteiger partial charge in [0.1, 0.15) is 12.1 Å². The molecule has 2 atom stereocenters. The van der Waals surface area contributed by atoms with E-state index in [0.29, 0.717) is 6.54 Å². The predicted molar refractivity (Wildman–Crippen MR) is 85.0 cm³/mol. The Morgan fingerprint density at radius 1 is 1.09 bits per heavy atom. The van der Waals surface area contributed by atoms with E-state index in [4.69, 9.17) is 0 Å². The van der Waals surface area contributed by atoms with Crippen molar-refractivity contribution in [1.82, 2.24) is 9.80 Å². The van der Waals surface area contributed by atoms with Crippen molar-refractivity contribution in [2.75, 3.05) is 6.54 Å². The molecule has 2 aliphatic heterocycles. The van der Waals surface area contributed by atoms with Gasteiger partial charge in [0, 0.05) is 13.1 Å². The number of carbonyl (C=O) groups excluding carboxylic acids is 2. The molecule has 0 aromatic heterocycles. The first-order valence-corrected chi connectivity index (χ1v) is 8.24. The summed E-state index contributed by atoms with van der Waals surface area (Å²) in [6.07, 6.45) is 2.85. The van der Waals surface area contributed by atoms with Gasteiger partial charge >= 0.3 is 0 Å². The van der Waals surface area contributed by atoms with Crippen molar-refractivity contribution in [3.8, 4) is 0 Å². The Labute approximate surface area is 132 Å². The Kier molecular flexibility index (Phi) is 4.19. The maximum atomic E-state index is 13.0. The van der Waals surface area contributed by atoms with Crippen molar-refractivity contribution in [3.05, 3.63) is 35.9 Å². The second-order valence-electron chi connectivity index (χ2n) is 6.68. The summed E-state index contributed by atoms with van der Waals surface area (Å²) in [6, 6.07) is 9.38. The van der Waals surface area contributed by atoms with Crippen LogP contribution >= 0.6 is 0 Å². The fourth-order valence-corrected chi connectivity index (χ4v) is 3.69. The lowest BCUT2D eigenvalue weighted by Gasteiger charge is -2.48. The zero-order chi connectivity index (χ0) is 15.7. The largest absolute Gasteiger partial charge is 0.329 e. The van der Waals surface area contributed by atoms with Crippen molar-refractivity contribution in [2.24, 2.45) is 5.92 Å². The van der Waals surface area contributed by atoms with Gasteiger partial charge in [-0.2, -0.15) is 0 Å². The molecule has 0 spiro atoms. The topological polar surface area (TPSA) is 40.6 Å². The molecule has 2 aliphatic rings. The van der Waals surface area contributed by atoms with Crippen LogP contribution in [0.5, 0.6) is 0 Å². The summed E-state index contributed by atoms with van der Waals surface area (Å²) < 4.78 is 0. The van der Waals surface area contributed by atoms with Crippen molar-refractivity contribution < 1.29 is 9.59 Å². The first kappa shape index (κ1) is 15.1. The number of fused-ring (bicyclic) bond motifs is 1. The summed E-state index contributed by atoms with van der Waals surface area (Å²) in [5.41, 5.74) is 1.08. The lowest BCUT2D eigenvalue weighted by molar-refractivity contribution is -0.166. The molecule has 22 heavy (non-hydrogen) atoms. The van der Waals surface area contributed by atoms with E-state index in [1.165, 1.54) is 0 Å². The summed E-state index contributed by atoms with van der Waals surface area (Å²) in [5.74, 6) is 0.389. The summed E-state index contributed by atoms with van der Waals surface area (Å²) in [7, 11) is 0. The summed E-state index contributed by atoms with van der Waals surface area (Å²) >= 11 is 0. The molecule has 118 valence electrons.